The summed E-state index contributed by atoms with van der Waals surface area (Å²) in [6.07, 6.45) is -1.38. The molecule has 1 N–H and O–H groups in total. The molecule has 4 nitrogen and oxygen atoms in total. The summed E-state index contributed by atoms with van der Waals surface area (Å²) < 4.78 is 31.5. The van der Waals surface area contributed by atoms with Crippen molar-refractivity contribution in [1.82, 2.24) is 4.90 Å². The molecule has 0 radical (unpaired) electrons. The van der Waals surface area contributed by atoms with Crippen LogP contribution in [0.25, 0.3) is 0 Å². The summed E-state index contributed by atoms with van der Waals surface area (Å²) in [5.74, 6) is -1.96. The molecule has 0 heterocycles. The lowest BCUT2D eigenvalue weighted by atomic mass is 10.0. The molecule has 0 spiro atoms. The van der Waals surface area contributed by atoms with E-state index in [0.717, 1.165) is 12.1 Å². The second-order valence-electron chi connectivity index (χ2n) is 5.48. The molecule has 2 unspecified atom stereocenters. The number of benzene rings is 2. The molecule has 0 bridgehead atoms. The van der Waals surface area contributed by atoms with E-state index in [1.807, 2.05) is 0 Å². The molecular formula is C18H19F2NO3. The first kappa shape index (κ1) is 17.9. The van der Waals surface area contributed by atoms with Gasteiger partial charge in [0.15, 0.2) is 17.7 Å². The highest BCUT2D eigenvalue weighted by Gasteiger charge is 2.26. The van der Waals surface area contributed by atoms with Crippen LogP contribution >= 0.6 is 0 Å². The minimum atomic E-state index is -1.38. The maximum absolute atomic E-state index is 13.4. The van der Waals surface area contributed by atoms with Gasteiger partial charge in [-0.15, -0.1) is 0 Å². The van der Waals surface area contributed by atoms with Crippen molar-refractivity contribution in [3.05, 3.63) is 65.2 Å². The predicted molar refractivity (Wildman–Crippen MR) is 85.5 cm³/mol. The fraction of sp³-hybridized carbons (Fsp3) is 0.278. The summed E-state index contributed by atoms with van der Waals surface area (Å²) in [5.41, 5.74) is 0.825. The van der Waals surface area contributed by atoms with Crippen LogP contribution < -0.4 is 4.74 Å². The van der Waals surface area contributed by atoms with Gasteiger partial charge in [0.2, 0.25) is 0 Å². The molecule has 0 aliphatic rings. The molecule has 0 aromatic heterocycles. The van der Waals surface area contributed by atoms with Gasteiger partial charge >= 0.3 is 0 Å². The number of methoxy groups -OCH3 is 1. The molecule has 128 valence electrons. The highest BCUT2D eigenvalue weighted by molar-refractivity contribution is 5.82. The van der Waals surface area contributed by atoms with Crippen LogP contribution in [0.4, 0.5) is 8.78 Å². The molecule has 2 atom stereocenters. The van der Waals surface area contributed by atoms with Crippen LogP contribution in [0.1, 0.15) is 30.2 Å². The summed E-state index contributed by atoms with van der Waals surface area (Å²) in [6.45, 7) is 1.67. The highest BCUT2D eigenvalue weighted by atomic mass is 19.2. The van der Waals surface area contributed by atoms with Crippen LogP contribution in [0.2, 0.25) is 0 Å². The van der Waals surface area contributed by atoms with Gasteiger partial charge in [-0.25, -0.2) is 8.78 Å². The highest BCUT2D eigenvalue weighted by Crippen LogP contribution is 2.26. The number of carbonyl (C=O) groups is 1. The Labute approximate surface area is 139 Å². The number of hydrogen-bond donors (Lipinski definition) is 1. The molecular weight excluding hydrogens is 316 g/mol. The van der Waals surface area contributed by atoms with Gasteiger partial charge in [-0.05, 0) is 42.3 Å². The number of amides is 1. The molecule has 6 heteroatoms. The van der Waals surface area contributed by atoms with Crippen molar-refractivity contribution in [1.29, 1.82) is 0 Å². The van der Waals surface area contributed by atoms with Crippen LogP contribution in [0.5, 0.6) is 5.75 Å². The van der Waals surface area contributed by atoms with Crippen LogP contribution in [0, 0.1) is 11.6 Å². The number of aliphatic hydroxyl groups is 1. The van der Waals surface area contributed by atoms with Gasteiger partial charge in [-0.1, -0.05) is 18.2 Å². The predicted octanol–water partition coefficient (Wildman–Crippen LogP) is 3.23. The molecule has 0 saturated heterocycles. The number of hydrogen-bond acceptors (Lipinski definition) is 3. The van der Waals surface area contributed by atoms with Gasteiger partial charge in [0.25, 0.3) is 5.91 Å². The van der Waals surface area contributed by atoms with Gasteiger partial charge < -0.3 is 14.7 Å². The maximum Gasteiger partial charge on any atom is 0.256 e. The Morgan fingerprint density at radius 2 is 1.83 bits per heavy atom. The summed E-state index contributed by atoms with van der Waals surface area (Å²) in [4.78, 5) is 13.8. The normalized spacial score (nSPS) is 13.2. The van der Waals surface area contributed by atoms with Gasteiger partial charge in [-0.3, -0.25) is 4.79 Å². The average Bonchev–Trinajstić information content (AvgIpc) is 2.61. The standard InChI is InChI=1S/C18H19F2NO3/c1-11(12-7-8-15(19)16(20)10-12)21(2)18(23)17(22)13-5-4-6-14(9-13)24-3/h4-11,17,22H,1-3H3. The van der Waals surface area contributed by atoms with Crippen LogP contribution in [-0.2, 0) is 4.79 Å². The third-order valence-electron chi connectivity index (χ3n) is 4.00. The largest absolute Gasteiger partial charge is 0.497 e. The molecule has 1 amide bonds. The van der Waals surface area contributed by atoms with E-state index in [1.165, 1.54) is 25.1 Å². The Balaban J connectivity index is 2.19. The summed E-state index contributed by atoms with van der Waals surface area (Å²) >= 11 is 0. The minimum Gasteiger partial charge on any atom is -0.497 e. The van der Waals surface area contributed by atoms with E-state index in [4.69, 9.17) is 4.74 Å². The second kappa shape index (κ2) is 7.40. The first-order valence-corrected chi connectivity index (χ1v) is 7.38. The Bertz CT molecular complexity index is 736. The zero-order valence-corrected chi connectivity index (χ0v) is 13.7. The molecule has 0 fully saturated rings. The van der Waals surface area contributed by atoms with E-state index in [0.29, 0.717) is 16.9 Å². The Kier molecular flexibility index (Phi) is 5.51. The quantitative estimate of drug-likeness (QED) is 0.913. The summed E-state index contributed by atoms with van der Waals surface area (Å²) in [5, 5.41) is 10.3. The third kappa shape index (κ3) is 3.71. The van der Waals surface area contributed by atoms with Crippen molar-refractivity contribution in [2.24, 2.45) is 0 Å². The Hall–Kier alpha value is -2.47. The van der Waals surface area contributed by atoms with E-state index in [-0.39, 0.29) is 0 Å². The molecule has 0 saturated carbocycles. The van der Waals surface area contributed by atoms with Gasteiger partial charge in [0, 0.05) is 7.05 Å². The smallest absolute Gasteiger partial charge is 0.256 e. The number of aliphatic hydroxyl groups excluding tert-OH is 1. The molecule has 2 aromatic carbocycles. The lowest BCUT2D eigenvalue weighted by molar-refractivity contribution is -0.141. The van der Waals surface area contributed by atoms with E-state index in [2.05, 4.69) is 0 Å². The van der Waals surface area contributed by atoms with Crippen LogP contribution in [-0.4, -0.2) is 30.1 Å². The van der Waals surface area contributed by atoms with E-state index < -0.39 is 29.7 Å². The zero-order chi connectivity index (χ0) is 17.9. The number of rotatable bonds is 5. The molecule has 24 heavy (non-hydrogen) atoms. The van der Waals surface area contributed by atoms with Crippen molar-refractivity contribution >= 4 is 5.91 Å². The Morgan fingerprint density at radius 3 is 2.46 bits per heavy atom. The fourth-order valence-corrected chi connectivity index (χ4v) is 2.33. The van der Waals surface area contributed by atoms with Crippen molar-refractivity contribution in [2.75, 3.05) is 14.2 Å². The number of nitrogens with zero attached hydrogens (tertiary/aromatic N) is 1. The molecule has 0 aliphatic heterocycles. The number of ether oxygens (including phenoxy) is 1. The number of likely N-dealkylation sites (N-methyl/N-ethyl adjacent to an activating group) is 1. The van der Waals surface area contributed by atoms with Crippen molar-refractivity contribution in [3.63, 3.8) is 0 Å². The second-order valence-corrected chi connectivity index (χ2v) is 5.48. The van der Waals surface area contributed by atoms with Crippen molar-refractivity contribution in [3.8, 4) is 5.75 Å². The number of halogens is 2. The molecule has 0 aliphatic carbocycles. The SMILES string of the molecule is COc1cccc(C(O)C(=O)N(C)C(C)c2ccc(F)c(F)c2)c1. The maximum atomic E-state index is 13.4. The first-order valence-electron chi connectivity index (χ1n) is 7.38. The summed E-state index contributed by atoms with van der Waals surface area (Å²) in [6, 6.07) is 9.48. The summed E-state index contributed by atoms with van der Waals surface area (Å²) in [7, 11) is 2.99. The van der Waals surface area contributed by atoms with Gasteiger partial charge in [0.1, 0.15) is 5.75 Å². The van der Waals surface area contributed by atoms with Crippen molar-refractivity contribution < 1.29 is 23.4 Å². The average molecular weight is 335 g/mol. The fourth-order valence-electron chi connectivity index (χ4n) is 2.33. The first-order chi connectivity index (χ1) is 11.3. The lowest BCUT2D eigenvalue weighted by Crippen LogP contribution is -2.34. The number of carbonyl (C=O) groups excluding carboxylic acids is 1. The van der Waals surface area contributed by atoms with E-state index in [9.17, 15) is 18.7 Å². The zero-order valence-electron chi connectivity index (χ0n) is 13.7. The molecule has 2 rings (SSSR count). The third-order valence-corrected chi connectivity index (χ3v) is 4.00. The molecule has 2 aromatic rings. The van der Waals surface area contributed by atoms with Crippen LogP contribution in [0.15, 0.2) is 42.5 Å². The Morgan fingerprint density at radius 1 is 1.12 bits per heavy atom. The topological polar surface area (TPSA) is 49.8 Å². The van der Waals surface area contributed by atoms with E-state index in [1.54, 1.807) is 31.2 Å². The van der Waals surface area contributed by atoms with Gasteiger partial charge in [0.05, 0.1) is 13.2 Å². The van der Waals surface area contributed by atoms with Gasteiger partial charge in [-0.2, -0.15) is 0 Å². The monoisotopic (exact) mass is 335 g/mol. The van der Waals surface area contributed by atoms with E-state index >= 15 is 0 Å². The lowest BCUT2D eigenvalue weighted by Gasteiger charge is -2.27. The minimum absolute atomic E-state index is 0.392. The van der Waals surface area contributed by atoms with Crippen molar-refractivity contribution in [2.45, 2.75) is 19.1 Å². The van der Waals surface area contributed by atoms with Crippen LogP contribution in [0.3, 0.4) is 0 Å².